The molecule has 18 heavy (non-hydrogen) atoms. The smallest absolute Gasteiger partial charge is 0.161 e. The van der Waals surface area contributed by atoms with E-state index in [0.717, 1.165) is 16.8 Å². The number of aromatic nitrogens is 1. The summed E-state index contributed by atoms with van der Waals surface area (Å²) in [6.45, 7) is 3.71. The fraction of sp³-hybridized carbons (Fsp3) is 0.133. The van der Waals surface area contributed by atoms with E-state index in [-0.39, 0.29) is 0 Å². The molecule has 1 heterocycles. The zero-order valence-corrected chi connectivity index (χ0v) is 10.5. The van der Waals surface area contributed by atoms with Gasteiger partial charge in [0.05, 0.1) is 19.9 Å². The first kappa shape index (κ1) is 12.2. The highest BCUT2D eigenvalue weighted by Gasteiger charge is 2.06. The number of pyridine rings is 1. The summed E-state index contributed by atoms with van der Waals surface area (Å²) < 4.78 is 10.5. The third kappa shape index (κ3) is 2.35. The summed E-state index contributed by atoms with van der Waals surface area (Å²) in [6.07, 6.45) is 3.56. The third-order valence-electron chi connectivity index (χ3n) is 2.70. The summed E-state index contributed by atoms with van der Waals surface area (Å²) in [6, 6.07) is 9.67. The van der Waals surface area contributed by atoms with E-state index in [4.69, 9.17) is 9.47 Å². The van der Waals surface area contributed by atoms with Gasteiger partial charge in [-0.1, -0.05) is 18.7 Å². The minimum absolute atomic E-state index is 0.699. The predicted molar refractivity (Wildman–Crippen MR) is 72.9 cm³/mol. The maximum absolute atomic E-state index is 5.27. The predicted octanol–water partition coefficient (Wildman–Crippen LogP) is 3.41. The molecule has 3 nitrogen and oxygen atoms in total. The first-order chi connectivity index (χ1) is 8.78. The van der Waals surface area contributed by atoms with E-state index in [2.05, 4.69) is 11.6 Å². The Morgan fingerprint density at radius 3 is 2.39 bits per heavy atom. The minimum Gasteiger partial charge on any atom is -0.493 e. The number of hydrogen-bond donors (Lipinski definition) is 0. The molecule has 0 bridgehead atoms. The van der Waals surface area contributed by atoms with Gasteiger partial charge < -0.3 is 9.47 Å². The molecule has 0 atom stereocenters. The maximum Gasteiger partial charge on any atom is 0.161 e. The molecule has 0 aliphatic carbocycles. The van der Waals surface area contributed by atoms with E-state index in [1.807, 2.05) is 30.3 Å². The van der Waals surface area contributed by atoms with Gasteiger partial charge in [0.25, 0.3) is 0 Å². The summed E-state index contributed by atoms with van der Waals surface area (Å²) in [5, 5.41) is 0. The molecule has 1 aromatic heterocycles. The molecule has 0 saturated heterocycles. The van der Waals surface area contributed by atoms with Crippen LogP contribution in [0.2, 0.25) is 0 Å². The largest absolute Gasteiger partial charge is 0.493 e. The zero-order valence-electron chi connectivity index (χ0n) is 10.5. The van der Waals surface area contributed by atoms with Crippen molar-refractivity contribution >= 4 is 6.08 Å². The second-order valence-corrected chi connectivity index (χ2v) is 3.75. The number of benzene rings is 1. The van der Waals surface area contributed by atoms with Crippen LogP contribution in [0.25, 0.3) is 17.3 Å². The second kappa shape index (κ2) is 5.36. The quantitative estimate of drug-likeness (QED) is 0.822. The molecular weight excluding hydrogens is 226 g/mol. The Balaban J connectivity index is 2.40. The van der Waals surface area contributed by atoms with E-state index in [1.165, 1.54) is 0 Å². The molecule has 1 aromatic carbocycles. The van der Waals surface area contributed by atoms with Crippen molar-refractivity contribution < 1.29 is 9.47 Å². The fourth-order valence-electron chi connectivity index (χ4n) is 1.69. The topological polar surface area (TPSA) is 31.4 Å². The van der Waals surface area contributed by atoms with Crippen molar-refractivity contribution in [2.24, 2.45) is 0 Å². The Kier molecular flexibility index (Phi) is 3.63. The van der Waals surface area contributed by atoms with Crippen LogP contribution in [-0.2, 0) is 0 Å². The molecular formula is C15H15NO2. The molecule has 0 radical (unpaired) electrons. The average Bonchev–Trinajstić information content (AvgIpc) is 2.46. The molecule has 0 amide bonds. The van der Waals surface area contributed by atoms with E-state index < -0.39 is 0 Å². The van der Waals surface area contributed by atoms with Crippen molar-refractivity contribution in [3.63, 3.8) is 0 Å². The number of ether oxygens (including phenoxy) is 2. The van der Waals surface area contributed by atoms with Crippen molar-refractivity contribution in [2.45, 2.75) is 0 Å². The second-order valence-electron chi connectivity index (χ2n) is 3.75. The van der Waals surface area contributed by atoms with Crippen LogP contribution in [0.1, 0.15) is 5.56 Å². The van der Waals surface area contributed by atoms with E-state index in [0.29, 0.717) is 11.5 Å². The Bertz CT molecular complexity index is 547. The van der Waals surface area contributed by atoms with E-state index in [9.17, 15) is 0 Å². The van der Waals surface area contributed by atoms with Crippen LogP contribution < -0.4 is 9.47 Å². The molecule has 0 fully saturated rings. The Morgan fingerprint density at radius 1 is 1.06 bits per heavy atom. The summed E-state index contributed by atoms with van der Waals surface area (Å²) in [4.78, 5) is 4.38. The van der Waals surface area contributed by atoms with Crippen molar-refractivity contribution in [1.82, 2.24) is 4.98 Å². The third-order valence-corrected chi connectivity index (χ3v) is 2.70. The van der Waals surface area contributed by atoms with Crippen LogP contribution in [0.3, 0.4) is 0 Å². The molecule has 0 aliphatic heterocycles. The van der Waals surface area contributed by atoms with Crippen LogP contribution in [-0.4, -0.2) is 19.2 Å². The lowest BCUT2D eigenvalue weighted by Gasteiger charge is -2.09. The molecule has 0 aliphatic rings. The van der Waals surface area contributed by atoms with Crippen LogP contribution in [0.5, 0.6) is 11.5 Å². The average molecular weight is 241 g/mol. The summed E-state index contributed by atoms with van der Waals surface area (Å²) >= 11 is 0. The molecule has 2 rings (SSSR count). The highest BCUT2D eigenvalue weighted by Crippen LogP contribution is 2.31. The Morgan fingerprint density at radius 2 is 1.83 bits per heavy atom. The lowest BCUT2D eigenvalue weighted by Crippen LogP contribution is -1.91. The molecule has 3 heteroatoms. The fourth-order valence-corrected chi connectivity index (χ4v) is 1.69. The molecule has 0 N–H and O–H groups in total. The highest BCUT2D eigenvalue weighted by atomic mass is 16.5. The van der Waals surface area contributed by atoms with Gasteiger partial charge in [0, 0.05) is 11.8 Å². The zero-order chi connectivity index (χ0) is 13.0. The van der Waals surface area contributed by atoms with E-state index in [1.54, 1.807) is 26.5 Å². The van der Waals surface area contributed by atoms with Crippen LogP contribution >= 0.6 is 0 Å². The van der Waals surface area contributed by atoms with Crippen LogP contribution in [0.15, 0.2) is 43.1 Å². The van der Waals surface area contributed by atoms with Gasteiger partial charge in [-0.2, -0.15) is 0 Å². The normalized spacial score (nSPS) is 9.89. The van der Waals surface area contributed by atoms with Crippen LogP contribution in [0, 0.1) is 0 Å². The monoisotopic (exact) mass is 241 g/mol. The van der Waals surface area contributed by atoms with Gasteiger partial charge in [-0.05, 0) is 29.8 Å². The summed E-state index contributed by atoms with van der Waals surface area (Å²) in [5.41, 5.74) is 2.88. The van der Waals surface area contributed by atoms with Gasteiger partial charge >= 0.3 is 0 Å². The minimum atomic E-state index is 0.699. The number of hydrogen-bond acceptors (Lipinski definition) is 3. The van der Waals surface area contributed by atoms with Gasteiger partial charge in [0.15, 0.2) is 11.5 Å². The Hall–Kier alpha value is -2.29. The lowest BCUT2D eigenvalue weighted by molar-refractivity contribution is 0.355. The first-order valence-corrected chi connectivity index (χ1v) is 5.59. The van der Waals surface area contributed by atoms with Crippen molar-refractivity contribution in [1.29, 1.82) is 0 Å². The highest BCUT2D eigenvalue weighted by molar-refractivity contribution is 5.64. The van der Waals surface area contributed by atoms with Gasteiger partial charge in [-0.3, -0.25) is 4.98 Å². The SMILES string of the molecule is C=Cc1ccc(-c2ccc(OC)c(OC)c2)nc1. The van der Waals surface area contributed by atoms with E-state index >= 15 is 0 Å². The number of rotatable bonds is 4. The van der Waals surface area contributed by atoms with Gasteiger partial charge in [0.1, 0.15) is 0 Å². The molecule has 0 saturated carbocycles. The summed E-state index contributed by atoms with van der Waals surface area (Å²) in [7, 11) is 3.24. The Labute approximate surface area is 107 Å². The van der Waals surface area contributed by atoms with Crippen molar-refractivity contribution in [3.8, 4) is 22.8 Å². The lowest BCUT2D eigenvalue weighted by atomic mass is 10.1. The van der Waals surface area contributed by atoms with Crippen molar-refractivity contribution in [3.05, 3.63) is 48.7 Å². The molecule has 0 spiro atoms. The molecule has 2 aromatic rings. The van der Waals surface area contributed by atoms with Crippen molar-refractivity contribution in [2.75, 3.05) is 14.2 Å². The maximum atomic E-state index is 5.27. The molecule has 0 unspecified atom stereocenters. The number of nitrogens with zero attached hydrogens (tertiary/aromatic N) is 1. The van der Waals surface area contributed by atoms with Crippen LogP contribution in [0.4, 0.5) is 0 Å². The number of methoxy groups -OCH3 is 2. The summed E-state index contributed by atoms with van der Waals surface area (Å²) in [5.74, 6) is 1.41. The molecule has 92 valence electrons. The van der Waals surface area contributed by atoms with Gasteiger partial charge in [0.2, 0.25) is 0 Å². The van der Waals surface area contributed by atoms with Gasteiger partial charge in [-0.15, -0.1) is 0 Å². The standard InChI is InChI=1S/C15H15NO2/c1-4-11-5-7-13(16-10-11)12-6-8-14(17-2)15(9-12)18-3/h4-10H,1H2,2-3H3. The first-order valence-electron chi connectivity index (χ1n) is 5.59. The van der Waals surface area contributed by atoms with Gasteiger partial charge in [-0.25, -0.2) is 0 Å².